The van der Waals surface area contributed by atoms with E-state index in [9.17, 15) is 9.59 Å². The number of carbonyl (C=O) groups is 2. The summed E-state index contributed by atoms with van der Waals surface area (Å²) in [5.74, 6) is -0.517. The van der Waals surface area contributed by atoms with Crippen molar-refractivity contribution in [1.82, 2.24) is 0 Å². The second kappa shape index (κ2) is 19.4. The largest absolute Gasteiger partial charge is 0.478 e. The number of ketones is 1. The van der Waals surface area contributed by atoms with Crippen LogP contribution in [0.3, 0.4) is 0 Å². The summed E-state index contributed by atoms with van der Waals surface area (Å²) < 4.78 is 0. The highest BCUT2D eigenvalue weighted by Crippen LogP contribution is 2.12. The van der Waals surface area contributed by atoms with Gasteiger partial charge in [-0.2, -0.15) is 0 Å². The molecule has 0 amide bonds. The minimum absolute atomic E-state index is 0.464. The van der Waals surface area contributed by atoms with Crippen LogP contribution in [-0.4, -0.2) is 41.3 Å². The van der Waals surface area contributed by atoms with Crippen LogP contribution >= 0.6 is 0 Å². The van der Waals surface area contributed by atoms with Crippen molar-refractivity contribution < 1.29 is 24.9 Å². The van der Waals surface area contributed by atoms with Crippen LogP contribution < -0.4 is 0 Å². The van der Waals surface area contributed by atoms with Gasteiger partial charge in [0.05, 0.1) is 0 Å². The molecule has 0 saturated heterocycles. The average Bonchev–Trinajstić information content (AvgIpc) is 2.36. The summed E-state index contributed by atoms with van der Waals surface area (Å²) in [5, 5.41) is 21.6. The van der Waals surface area contributed by atoms with Gasteiger partial charge in [-0.05, 0) is 12.8 Å². The van der Waals surface area contributed by atoms with Crippen LogP contribution in [0.5, 0.6) is 0 Å². The fourth-order valence-electron chi connectivity index (χ4n) is 0.946. The van der Waals surface area contributed by atoms with Gasteiger partial charge in [-0.15, -0.1) is 0 Å². The summed E-state index contributed by atoms with van der Waals surface area (Å²) in [6, 6.07) is 0. The van der Waals surface area contributed by atoms with Gasteiger partial charge in [-0.1, -0.05) is 13.0 Å². The SMILES string of the molecule is C=CC(=O)O.CO.CO.O=C1CCCCC1. The van der Waals surface area contributed by atoms with E-state index in [1.807, 2.05) is 0 Å². The molecule has 1 aliphatic rings. The molecule has 5 heteroatoms. The number of aliphatic hydroxyl groups is 2. The van der Waals surface area contributed by atoms with Gasteiger partial charge < -0.3 is 15.3 Å². The van der Waals surface area contributed by atoms with Crippen LogP contribution in [0.2, 0.25) is 0 Å². The third-order valence-corrected chi connectivity index (χ3v) is 1.59. The minimum atomic E-state index is -0.981. The summed E-state index contributed by atoms with van der Waals surface area (Å²) >= 11 is 0. The van der Waals surface area contributed by atoms with Gasteiger partial charge in [0.15, 0.2) is 0 Å². The molecule has 0 spiro atoms. The number of carboxylic acid groups (broad SMARTS) is 1. The second-order valence-corrected chi connectivity index (χ2v) is 2.64. The van der Waals surface area contributed by atoms with Crippen molar-refractivity contribution >= 4 is 11.8 Å². The van der Waals surface area contributed by atoms with Crippen molar-refractivity contribution in [3.05, 3.63) is 12.7 Å². The van der Waals surface area contributed by atoms with E-state index in [1.165, 1.54) is 6.42 Å². The molecule has 0 aromatic rings. The number of hydrogen-bond donors (Lipinski definition) is 3. The molecule has 0 bridgehead atoms. The van der Waals surface area contributed by atoms with Crippen LogP contribution in [0.25, 0.3) is 0 Å². The van der Waals surface area contributed by atoms with E-state index in [-0.39, 0.29) is 0 Å². The van der Waals surface area contributed by atoms with E-state index < -0.39 is 5.97 Å². The minimum Gasteiger partial charge on any atom is -0.478 e. The molecule has 0 aromatic carbocycles. The van der Waals surface area contributed by atoms with Gasteiger partial charge in [-0.25, -0.2) is 4.79 Å². The fourth-order valence-corrected chi connectivity index (χ4v) is 0.946. The summed E-state index contributed by atoms with van der Waals surface area (Å²) in [5.41, 5.74) is 0. The molecule has 0 heterocycles. The van der Waals surface area contributed by atoms with Crippen LogP contribution in [0.1, 0.15) is 32.1 Å². The maximum absolute atomic E-state index is 10.5. The van der Waals surface area contributed by atoms with E-state index >= 15 is 0 Å². The zero-order chi connectivity index (χ0) is 13.4. The normalized spacial score (nSPS) is 12.6. The fraction of sp³-hybridized carbons (Fsp3) is 0.636. The highest BCUT2D eigenvalue weighted by Gasteiger charge is 2.05. The first-order valence-corrected chi connectivity index (χ1v) is 4.93. The van der Waals surface area contributed by atoms with Crippen molar-refractivity contribution in [2.75, 3.05) is 14.2 Å². The summed E-state index contributed by atoms with van der Waals surface area (Å²) in [7, 11) is 2.00. The van der Waals surface area contributed by atoms with E-state index in [0.717, 1.165) is 46.0 Å². The van der Waals surface area contributed by atoms with E-state index in [4.69, 9.17) is 15.3 Å². The Morgan fingerprint density at radius 1 is 1.12 bits per heavy atom. The monoisotopic (exact) mass is 234 g/mol. The molecule has 0 aliphatic heterocycles. The molecule has 0 atom stereocenters. The molecule has 0 radical (unpaired) electrons. The first kappa shape index (κ1) is 20.2. The third-order valence-electron chi connectivity index (χ3n) is 1.59. The zero-order valence-electron chi connectivity index (χ0n) is 9.98. The van der Waals surface area contributed by atoms with Gasteiger partial charge in [0, 0.05) is 33.1 Å². The quantitative estimate of drug-likeness (QED) is 0.588. The lowest BCUT2D eigenvalue weighted by molar-refractivity contribution is -0.131. The molecule has 1 aliphatic carbocycles. The molecule has 5 nitrogen and oxygen atoms in total. The molecule has 96 valence electrons. The van der Waals surface area contributed by atoms with Crippen molar-refractivity contribution in [3.63, 3.8) is 0 Å². The van der Waals surface area contributed by atoms with E-state index in [0.29, 0.717) is 5.78 Å². The number of aliphatic hydroxyl groups excluding tert-OH is 2. The third kappa shape index (κ3) is 23.0. The molecule has 16 heavy (non-hydrogen) atoms. The standard InChI is InChI=1S/C6H10O.C3H4O2.2CH4O/c7-6-4-2-1-3-5-6;1-2-3(4)5;2*1-2/h1-5H2;2H,1H2,(H,4,5);2*2H,1H3. The number of carbonyl (C=O) groups excluding carboxylic acids is 1. The molecule has 3 N–H and O–H groups in total. The van der Waals surface area contributed by atoms with Gasteiger partial charge in [0.25, 0.3) is 0 Å². The second-order valence-electron chi connectivity index (χ2n) is 2.64. The zero-order valence-corrected chi connectivity index (χ0v) is 9.98. The first-order valence-electron chi connectivity index (χ1n) is 4.93. The lowest BCUT2D eigenvalue weighted by Crippen LogP contribution is -2.02. The lowest BCUT2D eigenvalue weighted by Gasteiger charge is -2.05. The highest BCUT2D eigenvalue weighted by atomic mass is 16.4. The Hall–Kier alpha value is -1.20. The van der Waals surface area contributed by atoms with Gasteiger partial charge in [0.2, 0.25) is 0 Å². The number of rotatable bonds is 1. The predicted molar refractivity (Wildman–Crippen MR) is 62.2 cm³/mol. The summed E-state index contributed by atoms with van der Waals surface area (Å²) in [6.07, 6.45) is 6.07. The predicted octanol–water partition coefficient (Wildman–Crippen LogP) is 0.994. The average molecular weight is 234 g/mol. The maximum atomic E-state index is 10.5. The molecule has 1 rings (SSSR count). The molecule has 1 saturated carbocycles. The molecular formula is C11H22O5. The Kier molecular flexibility index (Phi) is 24.5. The van der Waals surface area contributed by atoms with E-state index in [2.05, 4.69) is 6.58 Å². The van der Waals surface area contributed by atoms with Crippen molar-refractivity contribution in [2.24, 2.45) is 0 Å². The van der Waals surface area contributed by atoms with Crippen LogP contribution in [0.15, 0.2) is 12.7 Å². The number of carboxylic acids is 1. The number of aliphatic carboxylic acids is 1. The van der Waals surface area contributed by atoms with Crippen LogP contribution in [0.4, 0.5) is 0 Å². The van der Waals surface area contributed by atoms with Gasteiger partial charge in [-0.3, -0.25) is 4.79 Å². The molecule has 0 aromatic heterocycles. The van der Waals surface area contributed by atoms with Crippen molar-refractivity contribution in [3.8, 4) is 0 Å². The molecule has 0 unspecified atom stereocenters. The van der Waals surface area contributed by atoms with Crippen molar-refractivity contribution in [2.45, 2.75) is 32.1 Å². The highest BCUT2D eigenvalue weighted by molar-refractivity contribution is 5.79. The van der Waals surface area contributed by atoms with Crippen LogP contribution in [0, 0.1) is 0 Å². The Bertz CT molecular complexity index is 169. The number of Topliss-reactive ketones (excluding diaryl/α,β-unsaturated/α-hetero) is 1. The number of hydrogen-bond acceptors (Lipinski definition) is 4. The first-order chi connectivity index (χ1) is 7.66. The Morgan fingerprint density at radius 3 is 1.56 bits per heavy atom. The van der Waals surface area contributed by atoms with E-state index in [1.54, 1.807) is 0 Å². The smallest absolute Gasteiger partial charge is 0.327 e. The Morgan fingerprint density at radius 2 is 1.44 bits per heavy atom. The lowest BCUT2D eigenvalue weighted by atomic mass is 10.00. The Balaban J connectivity index is -0.000000167. The Labute approximate surface area is 96.4 Å². The maximum Gasteiger partial charge on any atom is 0.327 e. The van der Waals surface area contributed by atoms with Crippen molar-refractivity contribution in [1.29, 1.82) is 0 Å². The molecule has 1 fully saturated rings. The van der Waals surface area contributed by atoms with Gasteiger partial charge in [0.1, 0.15) is 5.78 Å². The van der Waals surface area contributed by atoms with Gasteiger partial charge >= 0.3 is 5.97 Å². The topological polar surface area (TPSA) is 94.8 Å². The van der Waals surface area contributed by atoms with Crippen LogP contribution in [-0.2, 0) is 9.59 Å². The molecular weight excluding hydrogens is 212 g/mol. The summed E-state index contributed by atoms with van der Waals surface area (Å²) in [6.45, 7) is 2.96. The summed E-state index contributed by atoms with van der Waals surface area (Å²) in [4.78, 5) is 19.7.